The minimum absolute atomic E-state index is 0.0991. The molecule has 1 unspecified atom stereocenters. The van der Waals surface area contributed by atoms with Crippen molar-refractivity contribution in [1.29, 1.82) is 0 Å². The number of hydrogen-bond acceptors (Lipinski definition) is 4. The predicted octanol–water partition coefficient (Wildman–Crippen LogP) is 2.56. The van der Waals surface area contributed by atoms with Gasteiger partial charge in [-0.2, -0.15) is 0 Å². The maximum atomic E-state index is 13.9. The molecular formula is C24H40FN5O. The Morgan fingerprint density at radius 3 is 2.48 bits per heavy atom. The summed E-state index contributed by atoms with van der Waals surface area (Å²) in [7, 11) is 1.84. The first-order valence-corrected chi connectivity index (χ1v) is 11.8. The van der Waals surface area contributed by atoms with Crippen LogP contribution < -0.4 is 10.6 Å². The minimum atomic E-state index is -0.0991. The molecule has 0 bridgehead atoms. The molecule has 1 atom stereocenters. The smallest absolute Gasteiger partial charge is 0.191 e. The Morgan fingerprint density at radius 1 is 1.13 bits per heavy atom. The second kappa shape index (κ2) is 12.4. The molecule has 1 aromatic rings. The predicted molar refractivity (Wildman–Crippen MR) is 125 cm³/mol. The van der Waals surface area contributed by atoms with Crippen molar-refractivity contribution in [1.82, 2.24) is 20.4 Å². The summed E-state index contributed by atoms with van der Waals surface area (Å²) in [5, 5.41) is 7.07. The maximum absolute atomic E-state index is 13.9. The van der Waals surface area contributed by atoms with Gasteiger partial charge in [0.1, 0.15) is 5.82 Å². The second-order valence-corrected chi connectivity index (χ2v) is 9.10. The van der Waals surface area contributed by atoms with Gasteiger partial charge in [0, 0.05) is 51.4 Å². The number of rotatable bonds is 8. The van der Waals surface area contributed by atoms with E-state index in [2.05, 4.69) is 39.3 Å². The molecule has 7 heteroatoms. The van der Waals surface area contributed by atoms with E-state index in [9.17, 15) is 4.39 Å². The molecule has 3 rings (SSSR count). The van der Waals surface area contributed by atoms with Crippen molar-refractivity contribution < 1.29 is 9.13 Å². The molecule has 2 aliphatic heterocycles. The van der Waals surface area contributed by atoms with Gasteiger partial charge in [0.2, 0.25) is 0 Å². The quantitative estimate of drug-likeness (QED) is 0.488. The van der Waals surface area contributed by atoms with E-state index >= 15 is 0 Å². The first-order valence-electron chi connectivity index (χ1n) is 11.8. The van der Waals surface area contributed by atoms with Crippen LogP contribution in [0.1, 0.15) is 32.3 Å². The van der Waals surface area contributed by atoms with Crippen molar-refractivity contribution >= 4 is 5.96 Å². The molecule has 2 aliphatic rings. The fraction of sp³-hybridized carbons (Fsp3) is 0.708. The number of hydrogen-bond donors (Lipinski definition) is 2. The van der Waals surface area contributed by atoms with Crippen LogP contribution in [0.25, 0.3) is 0 Å². The number of benzene rings is 1. The molecule has 0 spiro atoms. The van der Waals surface area contributed by atoms with Crippen LogP contribution in [0.15, 0.2) is 29.3 Å². The molecule has 31 heavy (non-hydrogen) atoms. The maximum Gasteiger partial charge on any atom is 0.191 e. The number of halogens is 1. The SMILES string of the molecule is CN=C(NCC1CCN(Cc2ccccc2F)CC1)NCC(C(C)C)N1CCOCC1. The Labute approximate surface area is 187 Å². The number of guanidine groups is 1. The Kier molecular flexibility index (Phi) is 9.55. The van der Waals surface area contributed by atoms with Crippen LogP contribution in [0.5, 0.6) is 0 Å². The number of piperidine rings is 1. The van der Waals surface area contributed by atoms with Gasteiger partial charge in [-0.15, -0.1) is 0 Å². The summed E-state index contributed by atoms with van der Waals surface area (Å²) >= 11 is 0. The third-order valence-corrected chi connectivity index (χ3v) is 6.60. The zero-order chi connectivity index (χ0) is 22.1. The molecule has 0 aromatic heterocycles. The Hall–Kier alpha value is -1.70. The van der Waals surface area contributed by atoms with Crippen LogP contribution in [0.2, 0.25) is 0 Å². The fourth-order valence-corrected chi connectivity index (χ4v) is 4.57. The summed E-state index contributed by atoms with van der Waals surface area (Å²) in [6.45, 7) is 12.8. The highest BCUT2D eigenvalue weighted by atomic mass is 19.1. The number of nitrogens with zero attached hydrogens (tertiary/aromatic N) is 3. The summed E-state index contributed by atoms with van der Waals surface area (Å²) in [6, 6.07) is 7.58. The van der Waals surface area contributed by atoms with Gasteiger partial charge in [-0.05, 0) is 43.8 Å². The van der Waals surface area contributed by atoms with Gasteiger partial charge in [-0.25, -0.2) is 4.39 Å². The number of likely N-dealkylation sites (tertiary alicyclic amines) is 1. The molecule has 174 valence electrons. The summed E-state index contributed by atoms with van der Waals surface area (Å²) in [4.78, 5) is 9.31. The number of ether oxygens (including phenoxy) is 1. The van der Waals surface area contributed by atoms with Gasteiger partial charge in [0.15, 0.2) is 5.96 Å². The first-order chi connectivity index (χ1) is 15.1. The van der Waals surface area contributed by atoms with Gasteiger partial charge < -0.3 is 15.4 Å². The van der Waals surface area contributed by atoms with E-state index in [-0.39, 0.29) is 5.82 Å². The number of aliphatic imine (C=N–C) groups is 1. The van der Waals surface area contributed by atoms with Crippen LogP contribution in [0.4, 0.5) is 4.39 Å². The van der Waals surface area contributed by atoms with E-state index in [1.165, 1.54) is 0 Å². The minimum Gasteiger partial charge on any atom is -0.379 e. The van der Waals surface area contributed by atoms with Crippen molar-refractivity contribution in [3.05, 3.63) is 35.6 Å². The highest BCUT2D eigenvalue weighted by Crippen LogP contribution is 2.19. The normalized spacial score (nSPS) is 20.7. The van der Waals surface area contributed by atoms with Crippen LogP contribution >= 0.6 is 0 Å². The molecule has 0 saturated carbocycles. The van der Waals surface area contributed by atoms with E-state index in [1.807, 2.05) is 19.2 Å². The van der Waals surface area contributed by atoms with E-state index < -0.39 is 0 Å². The van der Waals surface area contributed by atoms with Crippen molar-refractivity contribution in [2.45, 2.75) is 39.3 Å². The Bertz CT molecular complexity index is 684. The van der Waals surface area contributed by atoms with Gasteiger partial charge in [0.25, 0.3) is 0 Å². The van der Waals surface area contributed by atoms with E-state index in [4.69, 9.17) is 4.74 Å². The van der Waals surface area contributed by atoms with Crippen LogP contribution in [-0.4, -0.2) is 81.3 Å². The van der Waals surface area contributed by atoms with Gasteiger partial charge >= 0.3 is 0 Å². The van der Waals surface area contributed by atoms with Gasteiger partial charge in [-0.3, -0.25) is 14.8 Å². The van der Waals surface area contributed by atoms with Crippen LogP contribution in [0.3, 0.4) is 0 Å². The average molecular weight is 434 g/mol. The highest BCUT2D eigenvalue weighted by Gasteiger charge is 2.24. The van der Waals surface area contributed by atoms with Gasteiger partial charge in [-0.1, -0.05) is 32.0 Å². The van der Waals surface area contributed by atoms with Crippen molar-refractivity contribution in [2.24, 2.45) is 16.8 Å². The summed E-state index contributed by atoms with van der Waals surface area (Å²) in [5.74, 6) is 1.98. The lowest BCUT2D eigenvalue weighted by Gasteiger charge is -2.37. The van der Waals surface area contributed by atoms with E-state index in [0.29, 0.717) is 24.4 Å². The molecule has 2 N–H and O–H groups in total. The standard InChI is InChI=1S/C24H40FN5O/c1-19(2)23(30-12-14-31-15-13-30)17-28-24(26-3)27-16-20-8-10-29(11-9-20)18-21-6-4-5-7-22(21)25/h4-7,19-20,23H,8-18H2,1-3H3,(H2,26,27,28). The summed E-state index contributed by atoms with van der Waals surface area (Å²) in [6.07, 6.45) is 2.25. The molecule has 2 heterocycles. The van der Waals surface area contributed by atoms with E-state index in [1.54, 1.807) is 12.1 Å². The number of nitrogens with one attached hydrogen (secondary N) is 2. The van der Waals surface area contributed by atoms with E-state index in [0.717, 1.165) is 76.8 Å². The van der Waals surface area contributed by atoms with Crippen LogP contribution in [-0.2, 0) is 11.3 Å². The van der Waals surface area contributed by atoms with Crippen LogP contribution in [0, 0.1) is 17.7 Å². The zero-order valence-electron chi connectivity index (χ0n) is 19.4. The van der Waals surface area contributed by atoms with Gasteiger partial charge in [0.05, 0.1) is 13.2 Å². The van der Waals surface area contributed by atoms with Crippen molar-refractivity contribution in [2.75, 3.05) is 59.5 Å². The lowest BCUT2D eigenvalue weighted by molar-refractivity contribution is 0.00752. The Morgan fingerprint density at radius 2 is 1.84 bits per heavy atom. The average Bonchev–Trinajstić information content (AvgIpc) is 2.79. The summed E-state index contributed by atoms with van der Waals surface area (Å²) < 4.78 is 19.4. The molecule has 0 radical (unpaired) electrons. The molecule has 0 aliphatic carbocycles. The van der Waals surface area contributed by atoms with Crippen molar-refractivity contribution in [3.8, 4) is 0 Å². The molecule has 6 nitrogen and oxygen atoms in total. The molecule has 2 fully saturated rings. The largest absolute Gasteiger partial charge is 0.379 e. The molecule has 1 aromatic carbocycles. The molecule has 0 amide bonds. The highest BCUT2D eigenvalue weighted by molar-refractivity contribution is 5.79. The fourth-order valence-electron chi connectivity index (χ4n) is 4.57. The molecular weight excluding hydrogens is 393 g/mol. The second-order valence-electron chi connectivity index (χ2n) is 9.10. The number of morpholine rings is 1. The zero-order valence-corrected chi connectivity index (χ0v) is 19.4. The third kappa shape index (κ3) is 7.44. The summed E-state index contributed by atoms with van der Waals surface area (Å²) in [5.41, 5.74) is 0.795. The lowest BCUT2D eigenvalue weighted by atomic mass is 9.96. The Balaban J connectivity index is 1.38. The first kappa shape index (κ1) is 24.0. The topological polar surface area (TPSA) is 52.1 Å². The third-order valence-electron chi connectivity index (χ3n) is 6.60. The lowest BCUT2D eigenvalue weighted by Crippen LogP contribution is -2.53. The van der Waals surface area contributed by atoms with Crippen molar-refractivity contribution in [3.63, 3.8) is 0 Å². The monoisotopic (exact) mass is 433 g/mol. The molecule has 2 saturated heterocycles.